The largest absolute Gasteiger partial charge is 0.352 e. The molecule has 0 aromatic heterocycles. The highest BCUT2D eigenvalue weighted by Crippen LogP contribution is 2.24. The first-order chi connectivity index (χ1) is 9.51. The zero-order valence-electron chi connectivity index (χ0n) is 13.4. The molecule has 1 amide bonds. The summed E-state index contributed by atoms with van der Waals surface area (Å²) >= 11 is 0. The van der Waals surface area contributed by atoms with Crippen molar-refractivity contribution >= 4 is 5.91 Å². The number of hydrogen-bond donors (Lipinski definition) is 2. The van der Waals surface area contributed by atoms with Crippen molar-refractivity contribution < 1.29 is 4.79 Å². The molecule has 2 fully saturated rings. The highest BCUT2D eigenvalue weighted by atomic mass is 16.2. The van der Waals surface area contributed by atoms with Crippen LogP contribution in [0.2, 0.25) is 0 Å². The Morgan fingerprint density at radius 3 is 2.50 bits per heavy atom. The van der Waals surface area contributed by atoms with Gasteiger partial charge in [0.25, 0.3) is 0 Å². The lowest BCUT2D eigenvalue weighted by Crippen LogP contribution is -2.61. The van der Waals surface area contributed by atoms with E-state index >= 15 is 0 Å². The monoisotopic (exact) mass is 281 g/mol. The molecule has 2 atom stereocenters. The lowest BCUT2D eigenvalue weighted by molar-refractivity contribution is -0.133. The van der Waals surface area contributed by atoms with Gasteiger partial charge in [-0.25, -0.2) is 0 Å². The third-order valence-electron chi connectivity index (χ3n) is 5.14. The number of carbonyl (C=O) groups is 1. The minimum absolute atomic E-state index is 0.207. The summed E-state index contributed by atoms with van der Waals surface area (Å²) in [4.78, 5) is 15.0. The maximum atomic E-state index is 12.7. The Bertz CT molecular complexity index is 324. The standard InChI is InChI=1S/C16H31N3O/c1-13-7-5-4-6-8-14(13)18-15(20)16(2,3)19-11-9-17-10-12-19/h13-14,17H,4-12H2,1-3H3,(H,18,20). The summed E-state index contributed by atoms with van der Waals surface area (Å²) in [5, 5.41) is 6.69. The zero-order valence-corrected chi connectivity index (χ0v) is 13.4. The van der Waals surface area contributed by atoms with Gasteiger partial charge in [-0.15, -0.1) is 0 Å². The van der Waals surface area contributed by atoms with E-state index in [-0.39, 0.29) is 5.91 Å². The maximum Gasteiger partial charge on any atom is 0.240 e. The van der Waals surface area contributed by atoms with Crippen LogP contribution in [0.4, 0.5) is 0 Å². The number of amides is 1. The summed E-state index contributed by atoms with van der Waals surface area (Å²) in [6, 6.07) is 0.368. The number of nitrogens with zero attached hydrogens (tertiary/aromatic N) is 1. The number of hydrogen-bond acceptors (Lipinski definition) is 3. The molecule has 0 aromatic rings. The Hall–Kier alpha value is -0.610. The summed E-state index contributed by atoms with van der Waals surface area (Å²) in [6.45, 7) is 10.3. The van der Waals surface area contributed by atoms with Crippen LogP contribution in [0.3, 0.4) is 0 Å². The van der Waals surface area contributed by atoms with Crippen LogP contribution in [0.5, 0.6) is 0 Å². The molecule has 1 aliphatic heterocycles. The lowest BCUT2D eigenvalue weighted by atomic mass is 9.94. The molecule has 0 bridgehead atoms. The molecule has 116 valence electrons. The molecule has 20 heavy (non-hydrogen) atoms. The molecule has 0 aromatic carbocycles. The molecule has 4 heteroatoms. The lowest BCUT2D eigenvalue weighted by Gasteiger charge is -2.41. The molecule has 1 saturated carbocycles. The van der Waals surface area contributed by atoms with E-state index in [0.29, 0.717) is 12.0 Å². The van der Waals surface area contributed by atoms with Crippen molar-refractivity contribution in [2.24, 2.45) is 5.92 Å². The SMILES string of the molecule is CC1CCCCCC1NC(=O)C(C)(C)N1CCNCC1. The average molecular weight is 281 g/mol. The Balaban J connectivity index is 1.94. The summed E-state index contributed by atoms with van der Waals surface area (Å²) in [6.07, 6.45) is 6.28. The van der Waals surface area contributed by atoms with Crippen LogP contribution in [0.25, 0.3) is 0 Å². The van der Waals surface area contributed by atoms with Gasteiger partial charge in [-0.2, -0.15) is 0 Å². The molecule has 1 aliphatic carbocycles. The number of piperazine rings is 1. The van der Waals surface area contributed by atoms with E-state index in [0.717, 1.165) is 32.6 Å². The Labute approximate surface area is 123 Å². The average Bonchev–Trinajstić information content (AvgIpc) is 2.65. The van der Waals surface area contributed by atoms with Gasteiger partial charge >= 0.3 is 0 Å². The Morgan fingerprint density at radius 1 is 1.15 bits per heavy atom. The van der Waals surface area contributed by atoms with E-state index in [1.54, 1.807) is 0 Å². The summed E-state index contributed by atoms with van der Waals surface area (Å²) in [5.41, 5.74) is -0.395. The van der Waals surface area contributed by atoms with Crippen molar-refractivity contribution in [1.82, 2.24) is 15.5 Å². The molecule has 4 nitrogen and oxygen atoms in total. The van der Waals surface area contributed by atoms with E-state index in [1.165, 1.54) is 25.7 Å². The van der Waals surface area contributed by atoms with Gasteiger partial charge in [0.15, 0.2) is 0 Å². The molecule has 2 aliphatic rings. The molecule has 1 heterocycles. The minimum Gasteiger partial charge on any atom is -0.352 e. The third-order valence-corrected chi connectivity index (χ3v) is 5.14. The fourth-order valence-electron chi connectivity index (χ4n) is 3.42. The number of carbonyl (C=O) groups excluding carboxylic acids is 1. The van der Waals surface area contributed by atoms with Crippen LogP contribution >= 0.6 is 0 Å². The van der Waals surface area contributed by atoms with Crippen molar-refractivity contribution in [2.45, 2.75) is 64.5 Å². The molecule has 2 unspecified atom stereocenters. The molecule has 1 saturated heterocycles. The Kier molecular flexibility index (Phi) is 5.44. The van der Waals surface area contributed by atoms with Gasteiger partial charge in [0.2, 0.25) is 5.91 Å². The van der Waals surface area contributed by atoms with Crippen molar-refractivity contribution in [3.63, 3.8) is 0 Å². The minimum atomic E-state index is -0.395. The van der Waals surface area contributed by atoms with E-state index in [1.807, 2.05) is 0 Å². The third kappa shape index (κ3) is 3.73. The molecule has 2 rings (SSSR count). The number of rotatable bonds is 3. The summed E-state index contributed by atoms with van der Waals surface area (Å²) in [5.74, 6) is 0.818. The summed E-state index contributed by atoms with van der Waals surface area (Å²) < 4.78 is 0. The smallest absolute Gasteiger partial charge is 0.240 e. The maximum absolute atomic E-state index is 12.7. The second-order valence-corrected chi connectivity index (χ2v) is 6.99. The van der Waals surface area contributed by atoms with Gasteiger partial charge in [0.05, 0.1) is 5.54 Å². The molecule has 0 spiro atoms. The van der Waals surface area contributed by atoms with Crippen molar-refractivity contribution in [3.05, 3.63) is 0 Å². The topological polar surface area (TPSA) is 44.4 Å². The van der Waals surface area contributed by atoms with E-state index in [9.17, 15) is 4.79 Å². The van der Waals surface area contributed by atoms with Crippen LogP contribution in [0, 0.1) is 5.92 Å². The molecular formula is C16H31N3O. The Morgan fingerprint density at radius 2 is 1.80 bits per heavy atom. The first-order valence-corrected chi connectivity index (χ1v) is 8.28. The zero-order chi connectivity index (χ0) is 14.6. The van der Waals surface area contributed by atoms with E-state index in [4.69, 9.17) is 0 Å². The fourth-order valence-corrected chi connectivity index (χ4v) is 3.42. The van der Waals surface area contributed by atoms with Crippen LogP contribution in [0.1, 0.15) is 52.9 Å². The van der Waals surface area contributed by atoms with Crippen LogP contribution in [-0.2, 0) is 4.79 Å². The van der Waals surface area contributed by atoms with Crippen molar-refractivity contribution in [1.29, 1.82) is 0 Å². The van der Waals surface area contributed by atoms with Crippen LogP contribution in [0.15, 0.2) is 0 Å². The highest BCUT2D eigenvalue weighted by Gasteiger charge is 2.36. The predicted octanol–water partition coefficient (Wildman–Crippen LogP) is 1.76. The van der Waals surface area contributed by atoms with E-state index in [2.05, 4.69) is 36.3 Å². The molecule has 2 N–H and O–H groups in total. The normalized spacial score (nSPS) is 29.8. The quantitative estimate of drug-likeness (QED) is 0.775. The summed E-state index contributed by atoms with van der Waals surface area (Å²) in [7, 11) is 0. The first-order valence-electron chi connectivity index (χ1n) is 8.28. The first kappa shape index (κ1) is 15.8. The van der Waals surface area contributed by atoms with Gasteiger partial charge in [-0.3, -0.25) is 9.69 Å². The van der Waals surface area contributed by atoms with Gasteiger partial charge in [-0.05, 0) is 32.6 Å². The second kappa shape index (κ2) is 6.90. The van der Waals surface area contributed by atoms with Crippen molar-refractivity contribution in [2.75, 3.05) is 26.2 Å². The van der Waals surface area contributed by atoms with Crippen LogP contribution in [-0.4, -0.2) is 48.6 Å². The van der Waals surface area contributed by atoms with Crippen LogP contribution < -0.4 is 10.6 Å². The van der Waals surface area contributed by atoms with E-state index < -0.39 is 5.54 Å². The second-order valence-electron chi connectivity index (χ2n) is 6.99. The van der Waals surface area contributed by atoms with Gasteiger partial charge in [0.1, 0.15) is 0 Å². The van der Waals surface area contributed by atoms with Gasteiger partial charge in [-0.1, -0.05) is 26.2 Å². The molecule has 0 radical (unpaired) electrons. The van der Waals surface area contributed by atoms with Gasteiger partial charge < -0.3 is 10.6 Å². The molecular weight excluding hydrogens is 250 g/mol. The van der Waals surface area contributed by atoms with Crippen molar-refractivity contribution in [3.8, 4) is 0 Å². The van der Waals surface area contributed by atoms with Gasteiger partial charge in [0, 0.05) is 32.2 Å². The fraction of sp³-hybridized carbons (Fsp3) is 0.938. The highest BCUT2D eigenvalue weighted by molar-refractivity contribution is 5.85. The predicted molar refractivity (Wildman–Crippen MR) is 82.7 cm³/mol. The number of nitrogens with one attached hydrogen (secondary N) is 2.